The summed E-state index contributed by atoms with van der Waals surface area (Å²) in [5.41, 5.74) is 11.0. The van der Waals surface area contributed by atoms with Crippen LogP contribution < -0.4 is 0 Å². The van der Waals surface area contributed by atoms with Crippen LogP contribution in [0, 0.1) is 0 Å². The number of benzene rings is 8. The molecule has 10 aromatic rings. The van der Waals surface area contributed by atoms with Gasteiger partial charge in [-0.3, -0.25) is 4.98 Å². The van der Waals surface area contributed by atoms with Gasteiger partial charge >= 0.3 is 0 Å². The molecule has 0 atom stereocenters. The monoisotopic (exact) mass is 634 g/mol. The van der Waals surface area contributed by atoms with Gasteiger partial charge in [-0.1, -0.05) is 133 Å². The third-order valence-corrected chi connectivity index (χ3v) is 10.1. The number of hydrogen-bond donors (Lipinski definition) is 0. The minimum atomic E-state index is 0.958. The first-order valence-corrected chi connectivity index (χ1v) is 17.1. The van der Waals surface area contributed by atoms with Crippen molar-refractivity contribution in [1.29, 1.82) is 0 Å². The van der Waals surface area contributed by atoms with Gasteiger partial charge in [-0.05, 0) is 103 Å². The molecule has 0 aliphatic carbocycles. The summed E-state index contributed by atoms with van der Waals surface area (Å²) in [6.45, 7) is 0. The van der Waals surface area contributed by atoms with E-state index in [0.717, 1.165) is 55.3 Å². The van der Waals surface area contributed by atoms with Gasteiger partial charge in [0.05, 0.1) is 16.7 Å². The fourth-order valence-corrected chi connectivity index (χ4v) is 7.61. The van der Waals surface area contributed by atoms with E-state index < -0.39 is 0 Å². The van der Waals surface area contributed by atoms with Gasteiger partial charge in [0, 0.05) is 28.1 Å². The van der Waals surface area contributed by atoms with Crippen molar-refractivity contribution in [3.8, 4) is 44.6 Å². The highest BCUT2D eigenvalue weighted by molar-refractivity contribution is 6.14. The predicted molar refractivity (Wildman–Crippen MR) is 211 cm³/mol. The molecule has 0 spiro atoms. The maximum absolute atomic E-state index is 5.30. The third-order valence-electron chi connectivity index (χ3n) is 10.1. The molecule has 2 heteroatoms. The van der Waals surface area contributed by atoms with E-state index in [9.17, 15) is 0 Å². The number of nitrogens with zero attached hydrogens (tertiary/aromatic N) is 2. The molecular formula is C48H30N2. The van der Waals surface area contributed by atoms with E-state index in [4.69, 9.17) is 9.97 Å². The Morgan fingerprint density at radius 1 is 0.320 bits per heavy atom. The summed E-state index contributed by atoms with van der Waals surface area (Å²) in [6, 6.07) is 63.3. The number of para-hydroxylation sites is 1. The highest BCUT2D eigenvalue weighted by atomic mass is 14.7. The van der Waals surface area contributed by atoms with Gasteiger partial charge < -0.3 is 0 Å². The minimum Gasteiger partial charge on any atom is -0.256 e. The molecular weight excluding hydrogens is 605 g/mol. The maximum atomic E-state index is 5.30. The van der Waals surface area contributed by atoms with Crippen molar-refractivity contribution in [1.82, 2.24) is 9.97 Å². The Kier molecular flexibility index (Phi) is 6.53. The Morgan fingerprint density at radius 2 is 0.980 bits per heavy atom. The van der Waals surface area contributed by atoms with Crippen LogP contribution in [-0.2, 0) is 0 Å². The van der Waals surface area contributed by atoms with Gasteiger partial charge in [0.15, 0.2) is 0 Å². The number of fused-ring (bicyclic) bond motifs is 6. The summed E-state index contributed by atoms with van der Waals surface area (Å²) in [5, 5.41) is 9.71. The molecule has 232 valence electrons. The van der Waals surface area contributed by atoms with Crippen molar-refractivity contribution in [2.24, 2.45) is 0 Å². The van der Waals surface area contributed by atoms with Gasteiger partial charge in [0.2, 0.25) is 0 Å². The van der Waals surface area contributed by atoms with E-state index >= 15 is 0 Å². The minimum absolute atomic E-state index is 0.958. The Hall–Kier alpha value is -6.64. The first-order valence-electron chi connectivity index (χ1n) is 17.1. The molecule has 0 aliphatic rings. The standard InChI is InChI=1S/C48H30N2/c1-2-11-33-26-38(22-21-31(33)10-1)47-30-44(35-15-7-14-34(27-35)40-20-8-13-32-16-9-25-49-48(32)40)45-29-37(23-24-46(45)50-47)43-28-36-12-3-4-17-39(36)41-18-5-6-19-42(41)43/h1-30H. The Morgan fingerprint density at radius 3 is 1.88 bits per heavy atom. The lowest BCUT2D eigenvalue weighted by Crippen LogP contribution is -1.92. The van der Waals surface area contributed by atoms with Crippen molar-refractivity contribution < 1.29 is 0 Å². The molecule has 0 radical (unpaired) electrons. The molecule has 0 unspecified atom stereocenters. The van der Waals surface area contributed by atoms with Gasteiger partial charge in [-0.25, -0.2) is 4.98 Å². The lowest BCUT2D eigenvalue weighted by molar-refractivity contribution is 1.40. The first kappa shape index (κ1) is 28.4. The number of rotatable bonds is 4. The largest absolute Gasteiger partial charge is 0.256 e. The van der Waals surface area contributed by atoms with Gasteiger partial charge in [-0.15, -0.1) is 0 Å². The van der Waals surface area contributed by atoms with Crippen LogP contribution in [0.1, 0.15) is 0 Å². The van der Waals surface area contributed by atoms with Crippen LogP contribution in [-0.4, -0.2) is 9.97 Å². The van der Waals surface area contributed by atoms with Crippen LogP contribution in [0.2, 0.25) is 0 Å². The van der Waals surface area contributed by atoms with E-state index in [1.807, 2.05) is 12.3 Å². The fraction of sp³-hybridized carbons (Fsp3) is 0. The molecule has 50 heavy (non-hydrogen) atoms. The van der Waals surface area contributed by atoms with Gasteiger partial charge in [-0.2, -0.15) is 0 Å². The van der Waals surface area contributed by atoms with Crippen molar-refractivity contribution in [2.75, 3.05) is 0 Å². The van der Waals surface area contributed by atoms with Crippen molar-refractivity contribution >= 4 is 54.1 Å². The summed E-state index contributed by atoms with van der Waals surface area (Å²) in [5.74, 6) is 0. The molecule has 0 N–H and O–H groups in total. The van der Waals surface area contributed by atoms with Crippen LogP contribution in [0.25, 0.3) is 98.8 Å². The topological polar surface area (TPSA) is 25.8 Å². The van der Waals surface area contributed by atoms with E-state index in [2.05, 4.69) is 170 Å². The number of hydrogen-bond acceptors (Lipinski definition) is 2. The smallest absolute Gasteiger partial charge is 0.0780 e. The zero-order chi connectivity index (χ0) is 33.0. The molecule has 2 heterocycles. The zero-order valence-electron chi connectivity index (χ0n) is 27.2. The molecule has 0 bridgehead atoms. The van der Waals surface area contributed by atoms with Gasteiger partial charge in [0.1, 0.15) is 0 Å². The van der Waals surface area contributed by atoms with E-state index in [1.54, 1.807) is 0 Å². The quantitative estimate of drug-likeness (QED) is 0.180. The third kappa shape index (κ3) is 4.73. The van der Waals surface area contributed by atoms with Crippen LogP contribution in [0.5, 0.6) is 0 Å². The van der Waals surface area contributed by atoms with Crippen molar-refractivity contribution in [2.45, 2.75) is 0 Å². The van der Waals surface area contributed by atoms with Crippen LogP contribution >= 0.6 is 0 Å². The molecule has 2 nitrogen and oxygen atoms in total. The van der Waals surface area contributed by atoms with Crippen LogP contribution in [0.4, 0.5) is 0 Å². The fourth-order valence-electron chi connectivity index (χ4n) is 7.61. The summed E-state index contributed by atoms with van der Waals surface area (Å²) in [4.78, 5) is 10.1. The Labute approximate surface area is 290 Å². The number of pyridine rings is 2. The average molecular weight is 635 g/mol. The van der Waals surface area contributed by atoms with Crippen molar-refractivity contribution in [3.63, 3.8) is 0 Å². The summed E-state index contributed by atoms with van der Waals surface area (Å²) >= 11 is 0. The average Bonchev–Trinajstić information content (AvgIpc) is 3.19. The predicted octanol–water partition coefficient (Wildman–Crippen LogP) is 12.9. The molecule has 10 rings (SSSR count). The Bertz CT molecular complexity index is 2930. The van der Waals surface area contributed by atoms with Crippen LogP contribution in [0.15, 0.2) is 182 Å². The molecule has 0 amide bonds. The molecule has 0 saturated carbocycles. The lowest BCUT2D eigenvalue weighted by Gasteiger charge is -2.15. The van der Waals surface area contributed by atoms with E-state index in [1.165, 1.54) is 43.4 Å². The molecule has 8 aromatic carbocycles. The van der Waals surface area contributed by atoms with Crippen molar-refractivity contribution in [3.05, 3.63) is 182 Å². The maximum Gasteiger partial charge on any atom is 0.0780 e. The second kappa shape index (κ2) is 11.5. The van der Waals surface area contributed by atoms with Crippen LogP contribution in [0.3, 0.4) is 0 Å². The SMILES string of the molecule is c1cc(-c2cc(-c3ccc4ccccc4c3)nc3ccc(-c4cc5ccccc5c5ccccc45)cc23)cc(-c2cccc3cccnc23)c1. The van der Waals surface area contributed by atoms with E-state index in [0.29, 0.717) is 0 Å². The highest BCUT2D eigenvalue weighted by Crippen LogP contribution is 2.40. The normalized spacial score (nSPS) is 11.6. The molecule has 0 saturated heterocycles. The lowest BCUT2D eigenvalue weighted by atomic mass is 9.90. The Balaban J connectivity index is 1.22. The molecule has 0 aliphatic heterocycles. The van der Waals surface area contributed by atoms with E-state index in [-0.39, 0.29) is 0 Å². The van der Waals surface area contributed by atoms with Gasteiger partial charge in [0.25, 0.3) is 0 Å². The summed E-state index contributed by atoms with van der Waals surface area (Å²) in [6.07, 6.45) is 1.87. The first-order chi connectivity index (χ1) is 24.8. The second-order valence-corrected chi connectivity index (χ2v) is 13.0. The second-order valence-electron chi connectivity index (χ2n) is 13.0. The molecule has 0 fully saturated rings. The number of aromatic nitrogens is 2. The summed E-state index contributed by atoms with van der Waals surface area (Å²) < 4.78 is 0. The highest BCUT2D eigenvalue weighted by Gasteiger charge is 2.15. The molecule has 2 aromatic heterocycles. The zero-order valence-corrected chi connectivity index (χ0v) is 27.2. The summed E-state index contributed by atoms with van der Waals surface area (Å²) in [7, 11) is 0.